The third kappa shape index (κ3) is 4.54. The Labute approximate surface area is 63.5 Å². The Morgan fingerprint density at radius 3 is 1.89 bits per heavy atom. The Hall–Kier alpha value is 0.0400. The lowest BCUT2D eigenvalue weighted by molar-refractivity contribution is -0.115. The molecule has 1 amide bonds. The van der Waals surface area contributed by atoms with Gasteiger partial charge in [-0.15, -0.1) is 23.5 Å². The molecule has 4 heteroatoms. The number of hydrogen-bond donors (Lipinski definition) is 0. The second-order valence-electron chi connectivity index (χ2n) is 1.30. The van der Waals surface area contributed by atoms with Gasteiger partial charge in [0.05, 0.1) is 0 Å². The van der Waals surface area contributed by atoms with Gasteiger partial charge in [-0.25, -0.2) is 0 Å². The first-order chi connectivity index (χ1) is 4.20. The first-order valence-corrected chi connectivity index (χ1v) is 4.83. The molecule has 0 bridgehead atoms. The van der Waals surface area contributed by atoms with E-state index in [1.807, 2.05) is 12.5 Å². The summed E-state index contributed by atoms with van der Waals surface area (Å²) in [5.74, 6) is -0.131. The van der Waals surface area contributed by atoms with Crippen LogP contribution in [0.15, 0.2) is 4.99 Å². The molecule has 0 heterocycles. The zero-order valence-electron chi connectivity index (χ0n) is 5.67. The van der Waals surface area contributed by atoms with Crippen LogP contribution < -0.4 is 0 Å². The van der Waals surface area contributed by atoms with Gasteiger partial charge in [0.2, 0.25) is 5.91 Å². The number of nitrogens with zero attached hydrogens (tertiary/aromatic N) is 1. The molecule has 0 aliphatic heterocycles. The molecule has 0 atom stereocenters. The molecule has 2 nitrogen and oxygen atoms in total. The summed E-state index contributed by atoms with van der Waals surface area (Å²) >= 11 is 2.98. The molecule has 0 aliphatic carbocycles. The molecule has 9 heavy (non-hydrogen) atoms. The number of rotatable bonds is 0. The second-order valence-corrected chi connectivity index (χ2v) is 3.15. The minimum atomic E-state index is -0.131. The molecule has 0 fully saturated rings. The summed E-state index contributed by atoms with van der Waals surface area (Å²) < 4.78 is 0.822. The van der Waals surface area contributed by atoms with Crippen LogP contribution in [0.5, 0.6) is 0 Å². The average molecular weight is 163 g/mol. The highest BCUT2D eigenvalue weighted by molar-refractivity contribution is 8.38. The van der Waals surface area contributed by atoms with E-state index >= 15 is 0 Å². The smallest absolute Gasteiger partial charge is 0.244 e. The van der Waals surface area contributed by atoms with Crippen LogP contribution >= 0.6 is 23.5 Å². The first kappa shape index (κ1) is 9.04. The van der Waals surface area contributed by atoms with Crippen LogP contribution in [-0.4, -0.2) is 22.8 Å². The van der Waals surface area contributed by atoms with E-state index in [2.05, 4.69) is 4.99 Å². The SMILES string of the molecule is CSC(=NC(C)=O)SC. The van der Waals surface area contributed by atoms with Crippen LogP contribution in [0.25, 0.3) is 0 Å². The van der Waals surface area contributed by atoms with Crippen LogP contribution in [0.1, 0.15) is 6.92 Å². The summed E-state index contributed by atoms with van der Waals surface area (Å²) in [6.07, 6.45) is 3.80. The zero-order chi connectivity index (χ0) is 7.28. The van der Waals surface area contributed by atoms with E-state index in [1.54, 1.807) is 0 Å². The van der Waals surface area contributed by atoms with Crippen molar-refractivity contribution in [3.63, 3.8) is 0 Å². The third-order valence-electron chi connectivity index (χ3n) is 0.598. The molecule has 0 saturated heterocycles. The zero-order valence-corrected chi connectivity index (χ0v) is 7.30. The monoisotopic (exact) mass is 163 g/mol. The van der Waals surface area contributed by atoms with Gasteiger partial charge in [-0.05, 0) is 12.5 Å². The second kappa shape index (κ2) is 4.88. The standard InChI is InChI=1S/C5H9NOS2/c1-4(7)6-5(8-2)9-3/h1-3H3. The molecule has 0 aliphatic rings. The maximum Gasteiger partial charge on any atom is 0.244 e. The van der Waals surface area contributed by atoms with Crippen molar-refractivity contribution in [3.05, 3.63) is 0 Å². The van der Waals surface area contributed by atoms with Crippen LogP contribution in [-0.2, 0) is 4.79 Å². The fraction of sp³-hybridized carbons (Fsp3) is 0.600. The maximum absolute atomic E-state index is 10.4. The van der Waals surface area contributed by atoms with Crippen LogP contribution in [0.4, 0.5) is 0 Å². The average Bonchev–Trinajstić information content (AvgIpc) is 1.82. The lowest BCUT2D eigenvalue weighted by atomic mass is 10.8. The molecule has 0 radical (unpaired) electrons. The molecule has 0 aromatic carbocycles. The number of hydrogen-bond acceptors (Lipinski definition) is 3. The van der Waals surface area contributed by atoms with Crippen molar-refractivity contribution in [2.45, 2.75) is 6.92 Å². The van der Waals surface area contributed by atoms with Crippen LogP contribution in [0.3, 0.4) is 0 Å². The summed E-state index contributed by atoms with van der Waals surface area (Å²) in [6, 6.07) is 0. The third-order valence-corrected chi connectivity index (χ3v) is 2.48. The summed E-state index contributed by atoms with van der Waals surface area (Å²) in [4.78, 5) is 14.1. The Kier molecular flexibility index (Phi) is 4.90. The Balaban J connectivity index is 3.91. The van der Waals surface area contributed by atoms with Crippen molar-refractivity contribution in [2.75, 3.05) is 12.5 Å². The molecule has 52 valence electrons. The van der Waals surface area contributed by atoms with Crippen LogP contribution in [0.2, 0.25) is 0 Å². The number of aliphatic imine (C=N–C) groups is 1. The van der Waals surface area contributed by atoms with E-state index in [4.69, 9.17) is 0 Å². The molecule has 0 rings (SSSR count). The fourth-order valence-electron chi connectivity index (χ4n) is 0.303. The normalized spacial score (nSPS) is 8.78. The summed E-state index contributed by atoms with van der Waals surface area (Å²) in [6.45, 7) is 1.45. The molecule has 0 unspecified atom stereocenters. The van der Waals surface area contributed by atoms with Crippen molar-refractivity contribution in [3.8, 4) is 0 Å². The summed E-state index contributed by atoms with van der Waals surface area (Å²) in [7, 11) is 0. The number of carbonyl (C=O) groups is 1. The summed E-state index contributed by atoms with van der Waals surface area (Å²) in [5, 5.41) is 0. The van der Waals surface area contributed by atoms with Gasteiger partial charge in [0, 0.05) is 6.92 Å². The first-order valence-electron chi connectivity index (χ1n) is 2.38. The van der Waals surface area contributed by atoms with Gasteiger partial charge < -0.3 is 0 Å². The summed E-state index contributed by atoms with van der Waals surface area (Å²) in [5.41, 5.74) is 0. The number of amides is 1. The molecule has 0 aromatic heterocycles. The van der Waals surface area contributed by atoms with Crippen molar-refractivity contribution < 1.29 is 4.79 Å². The highest BCUT2D eigenvalue weighted by atomic mass is 32.2. The van der Waals surface area contributed by atoms with E-state index in [-0.39, 0.29) is 5.91 Å². The van der Waals surface area contributed by atoms with Gasteiger partial charge in [-0.2, -0.15) is 4.99 Å². The predicted octanol–water partition coefficient (Wildman–Crippen LogP) is 1.61. The number of thioether (sulfide) groups is 2. The minimum absolute atomic E-state index is 0.131. The van der Waals surface area contributed by atoms with Crippen LogP contribution in [0, 0.1) is 0 Å². The van der Waals surface area contributed by atoms with Crippen molar-refractivity contribution in [1.82, 2.24) is 0 Å². The molecule has 0 aromatic rings. The molecule has 0 N–H and O–H groups in total. The lowest BCUT2D eigenvalue weighted by Gasteiger charge is -1.92. The Morgan fingerprint density at radius 2 is 1.78 bits per heavy atom. The fourth-order valence-corrected chi connectivity index (χ4v) is 1.41. The topological polar surface area (TPSA) is 29.4 Å². The molecule has 0 spiro atoms. The minimum Gasteiger partial charge on any atom is -0.273 e. The molecular formula is C5H9NOS2. The van der Waals surface area contributed by atoms with Crippen molar-refractivity contribution in [1.29, 1.82) is 0 Å². The van der Waals surface area contributed by atoms with Crippen molar-refractivity contribution >= 4 is 33.8 Å². The van der Waals surface area contributed by atoms with Gasteiger partial charge in [0.15, 0.2) is 0 Å². The van der Waals surface area contributed by atoms with Gasteiger partial charge in [0.25, 0.3) is 0 Å². The predicted molar refractivity (Wildman–Crippen MR) is 45.1 cm³/mol. The van der Waals surface area contributed by atoms with Gasteiger partial charge in [-0.3, -0.25) is 4.79 Å². The molecular weight excluding hydrogens is 154 g/mol. The maximum atomic E-state index is 10.4. The van der Waals surface area contributed by atoms with Gasteiger partial charge >= 0.3 is 0 Å². The Bertz CT molecular complexity index is 127. The van der Waals surface area contributed by atoms with E-state index in [0.29, 0.717) is 0 Å². The van der Waals surface area contributed by atoms with E-state index in [1.165, 1.54) is 30.4 Å². The quantitative estimate of drug-likeness (QED) is 0.401. The van der Waals surface area contributed by atoms with E-state index in [9.17, 15) is 4.79 Å². The largest absolute Gasteiger partial charge is 0.273 e. The lowest BCUT2D eigenvalue weighted by Crippen LogP contribution is -1.89. The number of carbonyl (C=O) groups excluding carboxylic acids is 1. The van der Waals surface area contributed by atoms with E-state index < -0.39 is 0 Å². The van der Waals surface area contributed by atoms with Gasteiger partial charge in [-0.1, -0.05) is 0 Å². The highest BCUT2D eigenvalue weighted by Gasteiger charge is 1.93. The Morgan fingerprint density at radius 1 is 1.33 bits per heavy atom. The molecule has 0 saturated carbocycles. The van der Waals surface area contributed by atoms with E-state index in [0.717, 1.165) is 4.38 Å². The van der Waals surface area contributed by atoms with Crippen molar-refractivity contribution in [2.24, 2.45) is 4.99 Å². The van der Waals surface area contributed by atoms with Gasteiger partial charge in [0.1, 0.15) is 4.38 Å². The highest BCUT2D eigenvalue weighted by Crippen LogP contribution is 2.10.